The Morgan fingerprint density at radius 1 is 1.27 bits per heavy atom. The van der Waals surface area contributed by atoms with Crippen LogP contribution in [0.15, 0.2) is 0 Å². The van der Waals surface area contributed by atoms with Gasteiger partial charge in [-0.05, 0) is 13.8 Å². The summed E-state index contributed by atoms with van der Waals surface area (Å²) in [6.45, 7) is 5.24. The first-order valence-corrected chi connectivity index (χ1v) is 6.83. The molecule has 0 bridgehead atoms. The van der Waals surface area contributed by atoms with Gasteiger partial charge in [-0.2, -0.15) is 0 Å². The molecule has 0 aromatic rings. The van der Waals surface area contributed by atoms with E-state index in [2.05, 4.69) is 5.32 Å². The molecule has 0 aliphatic rings. The maximum absolute atomic E-state index is 11.4. The van der Waals surface area contributed by atoms with Crippen LogP contribution in [0.2, 0.25) is 0 Å². The van der Waals surface area contributed by atoms with E-state index in [9.17, 15) is 8.42 Å². The minimum atomic E-state index is -2.94. The van der Waals surface area contributed by atoms with Crippen molar-refractivity contribution in [1.29, 1.82) is 0 Å². The van der Waals surface area contributed by atoms with E-state index in [0.717, 1.165) is 0 Å². The van der Waals surface area contributed by atoms with E-state index >= 15 is 0 Å². The zero-order valence-corrected chi connectivity index (χ0v) is 10.2. The van der Waals surface area contributed by atoms with Gasteiger partial charge < -0.3 is 15.2 Å². The number of ether oxygens (including phenoxy) is 1. The van der Waals surface area contributed by atoms with Crippen LogP contribution in [0.1, 0.15) is 13.8 Å². The summed E-state index contributed by atoms with van der Waals surface area (Å²) in [6.07, 6.45) is 0. The Morgan fingerprint density at radius 3 is 2.47 bits per heavy atom. The molecule has 0 aromatic carbocycles. The zero-order chi connectivity index (χ0) is 11.7. The Balaban J connectivity index is 3.39. The molecule has 0 amide bonds. The van der Waals surface area contributed by atoms with Gasteiger partial charge in [0, 0.05) is 13.1 Å². The lowest BCUT2D eigenvalue weighted by Crippen LogP contribution is -2.29. The molecule has 0 atom stereocenters. The second-order valence-corrected chi connectivity index (χ2v) is 6.18. The second-order valence-electron chi connectivity index (χ2n) is 3.50. The van der Waals surface area contributed by atoms with Crippen LogP contribution in [0.3, 0.4) is 0 Å². The summed E-state index contributed by atoms with van der Waals surface area (Å²) < 4.78 is 27.7. The van der Waals surface area contributed by atoms with Gasteiger partial charge in [-0.25, -0.2) is 8.42 Å². The highest BCUT2D eigenvalue weighted by Crippen LogP contribution is 1.98. The van der Waals surface area contributed by atoms with E-state index in [0.29, 0.717) is 26.3 Å². The Labute approximate surface area is 91.7 Å². The van der Waals surface area contributed by atoms with E-state index in [1.165, 1.54) is 0 Å². The lowest BCUT2D eigenvalue weighted by molar-refractivity contribution is 0.0942. The molecule has 2 N–H and O–H groups in total. The van der Waals surface area contributed by atoms with Crippen molar-refractivity contribution in [2.24, 2.45) is 0 Å². The van der Waals surface area contributed by atoms with Gasteiger partial charge in [0.25, 0.3) is 0 Å². The van der Waals surface area contributed by atoms with E-state index in [1.54, 1.807) is 13.8 Å². The van der Waals surface area contributed by atoms with E-state index in [1.807, 2.05) is 0 Å². The Hall–Kier alpha value is -0.170. The van der Waals surface area contributed by atoms with Crippen LogP contribution in [-0.4, -0.2) is 57.4 Å². The molecule has 0 saturated carbocycles. The quantitative estimate of drug-likeness (QED) is 0.526. The molecule has 0 fully saturated rings. The molecular formula is C9H21NO4S. The van der Waals surface area contributed by atoms with Crippen molar-refractivity contribution in [2.75, 3.05) is 38.7 Å². The summed E-state index contributed by atoms with van der Waals surface area (Å²) >= 11 is 0. The third-order valence-corrected chi connectivity index (χ3v) is 4.15. The molecule has 0 unspecified atom stereocenters. The molecule has 6 heteroatoms. The lowest BCUT2D eigenvalue weighted by atomic mass is 10.6. The van der Waals surface area contributed by atoms with E-state index in [4.69, 9.17) is 9.84 Å². The first-order valence-electron chi connectivity index (χ1n) is 5.11. The summed E-state index contributed by atoms with van der Waals surface area (Å²) in [5, 5.41) is 11.1. The van der Waals surface area contributed by atoms with Crippen LogP contribution in [0, 0.1) is 0 Å². The number of aliphatic hydroxyl groups is 1. The first kappa shape index (κ1) is 14.8. The summed E-state index contributed by atoms with van der Waals surface area (Å²) in [5.41, 5.74) is 0. The van der Waals surface area contributed by atoms with Gasteiger partial charge in [0.1, 0.15) is 0 Å². The summed E-state index contributed by atoms with van der Waals surface area (Å²) in [6, 6.07) is 0. The number of hydrogen-bond donors (Lipinski definition) is 2. The molecular weight excluding hydrogens is 218 g/mol. The summed E-state index contributed by atoms with van der Waals surface area (Å²) in [4.78, 5) is 0. The van der Waals surface area contributed by atoms with Gasteiger partial charge in [0.2, 0.25) is 0 Å². The number of rotatable bonds is 9. The third kappa shape index (κ3) is 7.72. The fraction of sp³-hybridized carbons (Fsp3) is 1.00. The van der Waals surface area contributed by atoms with Gasteiger partial charge in [-0.15, -0.1) is 0 Å². The van der Waals surface area contributed by atoms with Crippen LogP contribution in [0.5, 0.6) is 0 Å². The molecule has 0 heterocycles. The predicted molar refractivity (Wildman–Crippen MR) is 59.7 cm³/mol. The molecule has 0 aliphatic heterocycles. The Kier molecular flexibility index (Phi) is 7.95. The van der Waals surface area contributed by atoms with Crippen molar-refractivity contribution >= 4 is 9.84 Å². The normalized spacial score (nSPS) is 12.3. The summed E-state index contributed by atoms with van der Waals surface area (Å²) in [7, 11) is -2.94. The molecule has 0 radical (unpaired) electrons. The van der Waals surface area contributed by atoms with Crippen molar-refractivity contribution in [3.05, 3.63) is 0 Å². The Bertz CT molecular complexity index is 238. The van der Waals surface area contributed by atoms with Crippen LogP contribution in [-0.2, 0) is 14.6 Å². The maximum Gasteiger partial charge on any atom is 0.153 e. The minimum Gasteiger partial charge on any atom is -0.394 e. The van der Waals surface area contributed by atoms with Gasteiger partial charge in [0.05, 0.1) is 30.8 Å². The zero-order valence-electron chi connectivity index (χ0n) is 9.40. The van der Waals surface area contributed by atoms with Crippen molar-refractivity contribution in [2.45, 2.75) is 19.1 Å². The molecule has 15 heavy (non-hydrogen) atoms. The number of nitrogens with one attached hydrogen (secondary N) is 1. The lowest BCUT2D eigenvalue weighted by Gasteiger charge is -2.08. The standard InChI is InChI=1S/C9H21NO4S/c1-9(2)15(12,13)8-4-10-3-6-14-7-5-11/h9-11H,3-8H2,1-2H3. The van der Waals surface area contributed by atoms with Crippen LogP contribution < -0.4 is 5.32 Å². The molecule has 0 rings (SSSR count). The van der Waals surface area contributed by atoms with Gasteiger partial charge >= 0.3 is 0 Å². The van der Waals surface area contributed by atoms with Crippen molar-refractivity contribution < 1.29 is 18.3 Å². The van der Waals surface area contributed by atoms with E-state index in [-0.39, 0.29) is 17.6 Å². The molecule has 0 aromatic heterocycles. The highest BCUT2D eigenvalue weighted by atomic mass is 32.2. The van der Waals surface area contributed by atoms with Gasteiger partial charge in [-0.3, -0.25) is 0 Å². The second kappa shape index (κ2) is 8.04. The maximum atomic E-state index is 11.4. The summed E-state index contributed by atoms with van der Waals surface area (Å²) in [5.74, 6) is 0.157. The van der Waals surface area contributed by atoms with Crippen molar-refractivity contribution in [3.8, 4) is 0 Å². The largest absolute Gasteiger partial charge is 0.394 e. The van der Waals surface area contributed by atoms with Crippen LogP contribution >= 0.6 is 0 Å². The molecule has 0 saturated heterocycles. The average molecular weight is 239 g/mol. The topological polar surface area (TPSA) is 75.6 Å². The smallest absolute Gasteiger partial charge is 0.153 e. The van der Waals surface area contributed by atoms with Gasteiger partial charge in [0.15, 0.2) is 9.84 Å². The SMILES string of the molecule is CC(C)S(=O)(=O)CCNCCOCCO. The monoisotopic (exact) mass is 239 g/mol. The van der Waals surface area contributed by atoms with E-state index < -0.39 is 9.84 Å². The number of sulfone groups is 1. The third-order valence-electron chi connectivity index (χ3n) is 1.94. The van der Waals surface area contributed by atoms with Crippen molar-refractivity contribution in [3.63, 3.8) is 0 Å². The average Bonchev–Trinajstić information content (AvgIpc) is 2.16. The molecule has 0 spiro atoms. The van der Waals surface area contributed by atoms with Crippen molar-refractivity contribution in [1.82, 2.24) is 5.32 Å². The van der Waals surface area contributed by atoms with Crippen LogP contribution in [0.4, 0.5) is 0 Å². The highest BCUT2D eigenvalue weighted by Gasteiger charge is 2.14. The molecule has 5 nitrogen and oxygen atoms in total. The number of hydrogen-bond acceptors (Lipinski definition) is 5. The molecule has 0 aliphatic carbocycles. The van der Waals surface area contributed by atoms with Gasteiger partial charge in [-0.1, -0.05) is 0 Å². The minimum absolute atomic E-state index is 0.0156. The predicted octanol–water partition coefficient (Wildman–Crippen LogP) is -0.592. The number of aliphatic hydroxyl groups excluding tert-OH is 1. The molecule has 92 valence electrons. The fourth-order valence-corrected chi connectivity index (χ4v) is 1.79. The first-order chi connectivity index (χ1) is 7.00. The Morgan fingerprint density at radius 2 is 1.93 bits per heavy atom. The highest BCUT2D eigenvalue weighted by molar-refractivity contribution is 7.92. The fourth-order valence-electron chi connectivity index (χ4n) is 0.886. The van der Waals surface area contributed by atoms with Crippen LogP contribution in [0.25, 0.3) is 0 Å².